The molecule has 0 saturated carbocycles. The van der Waals surface area contributed by atoms with E-state index in [0.29, 0.717) is 16.3 Å². The van der Waals surface area contributed by atoms with Crippen molar-refractivity contribution in [3.05, 3.63) is 69.3 Å². The quantitative estimate of drug-likeness (QED) is 0.312. The van der Waals surface area contributed by atoms with E-state index in [0.717, 1.165) is 17.8 Å². The molecule has 11 heteroatoms. The standard InChI is InChI=1S/C19H11Cl3F3N3OS/c20-11-6-4-10(5-7-11)14-8-15(19(23,24)25)28-18(27-14)30-9-16(29)26-13-3-1-2-12(21)17(13)22/h1-8H,9H2,(H,26,29). The molecule has 3 rings (SSSR count). The summed E-state index contributed by atoms with van der Waals surface area (Å²) in [5.41, 5.74) is -0.316. The Balaban J connectivity index is 1.80. The number of alkyl halides is 3. The van der Waals surface area contributed by atoms with Crippen LogP contribution in [0.3, 0.4) is 0 Å². The first-order valence-corrected chi connectivity index (χ1v) is 10.3. The molecule has 0 bridgehead atoms. The minimum atomic E-state index is -4.67. The van der Waals surface area contributed by atoms with Crippen LogP contribution < -0.4 is 5.32 Å². The highest BCUT2D eigenvalue weighted by molar-refractivity contribution is 7.99. The Morgan fingerprint density at radius 3 is 2.40 bits per heavy atom. The van der Waals surface area contributed by atoms with Gasteiger partial charge < -0.3 is 5.32 Å². The number of benzene rings is 2. The average molecular weight is 493 g/mol. The van der Waals surface area contributed by atoms with E-state index in [2.05, 4.69) is 15.3 Å². The van der Waals surface area contributed by atoms with Gasteiger partial charge in [0.15, 0.2) is 5.16 Å². The molecule has 0 saturated heterocycles. The normalized spacial score (nSPS) is 11.4. The van der Waals surface area contributed by atoms with E-state index in [1.165, 1.54) is 0 Å². The number of nitrogens with one attached hydrogen (secondary N) is 1. The fraction of sp³-hybridized carbons (Fsp3) is 0.105. The monoisotopic (exact) mass is 491 g/mol. The van der Waals surface area contributed by atoms with Gasteiger partial charge in [0.2, 0.25) is 5.91 Å². The van der Waals surface area contributed by atoms with Crippen LogP contribution in [0.25, 0.3) is 11.3 Å². The van der Waals surface area contributed by atoms with Crippen molar-refractivity contribution in [3.8, 4) is 11.3 Å². The minimum Gasteiger partial charge on any atom is -0.324 e. The van der Waals surface area contributed by atoms with E-state index < -0.39 is 17.8 Å². The molecule has 0 aliphatic heterocycles. The molecule has 0 radical (unpaired) electrons. The zero-order valence-electron chi connectivity index (χ0n) is 14.8. The molecular formula is C19H11Cl3F3N3OS. The van der Waals surface area contributed by atoms with E-state index in [1.54, 1.807) is 42.5 Å². The number of hydrogen-bond acceptors (Lipinski definition) is 4. The molecule has 4 nitrogen and oxygen atoms in total. The summed E-state index contributed by atoms with van der Waals surface area (Å²) in [6, 6.07) is 11.7. The Morgan fingerprint density at radius 1 is 1.03 bits per heavy atom. The highest BCUT2D eigenvalue weighted by atomic mass is 35.5. The summed E-state index contributed by atoms with van der Waals surface area (Å²) >= 11 is 18.5. The first kappa shape index (κ1) is 22.7. The van der Waals surface area contributed by atoms with E-state index >= 15 is 0 Å². The molecule has 1 amide bonds. The Morgan fingerprint density at radius 2 is 1.73 bits per heavy atom. The van der Waals surface area contributed by atoms with Gasteiger partial charge in [0, 0.05) is 10.6 Å². The topological polar surface area (TPSA) is 54.9 Å². The molecule has 0 fully saturated rings. The molecule has 0 aliphatic carbocycles. The molecule has 1 heterocycles. The molecule has 30 heavy (non-hydrogen) atoms. The molecule has 3 aromatic rings. The number of anilines is 1. The number of carbonyl (C=O) groups excluding carboxylic acids is 1. The van der Waals surface area contributed by atoms with Gasteiger partial charge >= 0.3 is 6.18 Å². The van der Waals surface area contributed by atoms with E-state index in [4.69, 9.17) is 34.8 Å². The third-order valence-corrected chi connectivity index (χ3v) is 5.61. The second kappa shape index (κ2) is 9.43. The molecule has 0 atom stereocenters. The first-order valence-electron chi connectivity index (χ1n) is 8.22. The first-order chi connectivity index (χ1) is 14.1. The lowest BCUT2D eigenvalue weighted by atomic mass is 10.1. The number of thioether (sulfide) groups is 1. The second-order valence-corrected chi connectivity index (χ2v) is 8.03. The molecule has 2 aromatic carbocycles. The highest BCUT2D eigenvalue weighted by Crippen LogP contribution is 2.33. The van der Waals surface area contributed by atoms with Gasteiger partial charge in [-0.25, -0.2) is 9.97 Å². The highest BCUT2D eigenvalue weighted by Gasteiger charge is 2.34. The lowest BCUT2D eigenvalue weighted by Gasteiger charge is -2.11. The Labute approximate surface area is 188 Å². The summed E-state index contributed by atoms with van der Waals surface area (Å²) in [6.45, 7) is 0. The number of halogens is 6. The summed E-state index contributed by atoms with van der Waals surface area (Å²) in [5.74, 6) is -0.734. The predicted octanol–water partition coefficient (Wildman–Crippen LogP) is 6.85. The van der Waals surface area contributed by atoms with E-state index in [-0.39, 0.29) is 26.6 Å². The third-order valence-electron chi connectivity index (χ3n) is 3.69. The fourth-order valence-corrected chi connectivity index (χ4v) is 3.45. The number of aromatic nitrogens is 2. The van der Waals surface area contributed by atoms with E-state index in [1.807, 2.05) is 0 Å². The number of amides is 1. The van der Waals surface area contributed by atoms with Gasteiger partial charge in [-0.05, 0) is 30.3 Å². The summed E-state index contributed by atoms with van der Waals surface area (Å²) in [7, 11) is 0. The Hall–Kier alpha value is -2.00. The van der Waals surface area contributed by atoms with Crippen LogP contribution in [0, 0.1) is 0 Å². The maximum Gasteiger partial charge on any atom is 0.433 e. The molecule has 1 aromatic heterocycles. The molecule has 156 valence electrons. The van der Waals surface area contributed by atoms with Crippen molar-refractivity contribution < 1.29 is 18.0 Å². The van der Waals surface area contributed by atoms with Crippen LogP contribution in [-0.2, 0) is 11.0 Å². The summed E-state index contributed by atoms with van der Waals surface area (Å²) < 4.78 is 39.8. The predicted molar refractivity (Wildman–Crippen MR) is 113 cm³/mol. The molecule has 1 N–H and O–H groups in total. The van der Waals surface area contributed by atoms with Crippen LogP contribution in [0.5, 0.6) is 0 Å². The van der Waals surface area contributed by atoms with Gasteiger partial charge in [0.25, 0.3) is 0 Å². The van der Waals surface area contributed by atoms with Crippen LogP contribution in [0.1, 0.15) is 5.69 Å². The average Bonchev–Trinajstić information content (AvgIpc) is 2.69. The van der Waals surface area contributed by atoms with Crippen molar-refractivity contribution in [1.29, 1.82) is 0 Å². The van der Waals surface area contributed by atoms with Gasteiger partial charge in [0.1, 0.15) is 5.69 Å². The van der Waals surface area contributed by atoms with Crippen molar-refractivity contribution in [3.63, 3.8) is 0 Å². The molecule has 0 unspecified atom stereocenters. The van der Waals surface area contributed by atoms with Gasteiger partial charge in [0.05, 0.1) is 27.2 Å². The van der Waals surface area contributed by atoms with Gasteiger partial charge in [-0.3, -0.25) is 4.79 Å². The summed E-state index contributed by atoms with van der Waals surface area (Å²) in [5, 5.41) is 3.22. The maximum absolute atomic E-state index is 13.3. The SMILES string of the molecule is O=C(CSc1nc(-c2ccc(Cl)cc2)cc(C(F)(F)F)n1)Nc1cccc(Cl)c1Cl. The van der Waals surface area contributed by atoms with Crippen LogP contribution in [0.4, 0.5) is 18.9 Å². The zero-order chi connectivity index (χ0) is 21.9. The molecular weight excluding hydrogens is 482 g/mol. The lowest BCUT2D eigenvalue weighted by molar-refractivity contribution is -0.141. The number of hydrogen-bond donors (Lipinski definition) is 1. The lowest BCUT2D eigenvalue weighted by Crippen LogP contribution is -2.15. The van der Waals surface area contributed by atoms with Crippen LogP contribution >= 0.6 is 46.6 Å². The number of carbonyl (C=O) groups is 1. The fourth-order valence-electron chi connectivity index (χ4n) is 2.32. The Bertz CT molecular complexity index is 1080. The van der Waals surface area contributed by atoms with Crippen molar-refractivity contribution in [2.24, 2.45) is 0 Å². The van der Waals surface area contributed by atoms with Crippen LogP contribution in [0.2, 0.25) is 15.1 Å². The minimum absolute atomic E-state index is 0.0646. The molecule has 0 aliphatic rings. The van der Waals surface area contributed by atoms with Crippen LogP contribution in [-0.4, -0.2) is 21.6 Å². The summed E-state index contributed by atoms with van der Waals surface area (Å²) in [6.07, 6.45) is -4.67. The van der Waals surface area contributed by atoms with Gasteiger partial charge in [-0.2, -0.15) is 13.2 Å². The maximum atomic E-state index is 13.3. The van der Waals surface area contributed by atoms with Crippen molar-refractivity contribution in [1.82, 2.24) is 9.97 Å². The smallest absolute Gasteiger partial charge is 0.324 e. The van der Waals surface area contributed by atoms with Crippen molar-refractivity contribution in [2.75, 3.05) is 11.1 Å². The van der Waals surface area contributed by atoms with Gasteiger partial charge in [-0.1, -0.05) is 64.8 Å². The van der Waals surface area contributed by atoms with E-state index in [9.17, 15) is 18.0 Å². The number of nitrogens with zero attached hydrogens (tertiary/aromatic N) is 2. The zero-order valence-corrected chi connectivity index (χ0v) is 17.9. The largest absolute Gasteiger partial charge is 0.433 e. The summed E-state index contributed by atoms with van der Waals surface area (Å²) in [4.78, 5) is 19.9. The second-order valence-electron chi connectivity index (χ2n) is 5.86. The van der Waals surface area contributed by atoms with Crippen molar-refractivity contribution in [2.45, 2.75) is 11.3 Å². The number of rotatable bonds is 5. The van der Waals surface area contributed by atoms with Crippen molar-refractivity contribution >= 4 is 58.2 Å². The van der Waals surface area contributed by atoms with Gasteiger partial charge in [-0.15, -0.1) is 0 Å². The third kappa shape index (κ3) is 5.78. The van der Waals surface area contributed by atoms with Crippen LogP contribution in [0.15, 0.2) is 53.7 Å². The molecule has 0 spiro atoms. The Kier molecular flexibility index (Phi) is 7.13.